The molecule has 0 unspecified atom stereocenters. The fraction of sp³-hybridized carbons (Fsp3) is 0. The standard InChI is InChI=1S/C22H14N4O5S/c1-23-15-9-10-18(17(12-15)22(28)29)25-21(27)14-5-4-6-16(11-14)32(30,31)26-13-24-19-7-2-3-8-20(19)26/h2-13H,(H,25,27)(H,28,29). The lowest BCUT2D eigenvalue weighted by Crippen LogP contribution is -2.16. The SMILES string of the molecule is [C-]#[N+]c1ccc(NC(=O)c2cccc(S(=O)(=O)n3cnc4ccccc43)c2)c(C(=O)O)c1. The number of imidazole rings is 1. The van der Waals surface area contributed by atoms with Gasteiger partial charge in [0.1, 0.15) is 6.33 Å². The maximum absolute atomic E-state index is 13.1. The Morgan fingerprint density at radius 2 is 1.81 bits per heavy atom. The molecule has 0 saturated heterocycles. The van der Waals surface area contributed by atoms with Gasteiger partial charge in [0, 0.05) is 5.56 Å². The number of carboxylic acid groups (broad SMARTS) is 1. The molecule has 1 amide bonds. The van der Waals surface area contributed by atoms with E-state index in [4.69, 9.17) is 6.57 Å². The molecule has 158 valence electrons. The van der Waals surface area contributed by atoms with E-state index in [1.54, 1.807) is 24.3 Å². The van der Waals surface area contributed by atoms with E-state index in [0.29, 0.717) is 11.0 Å². The molecule has 0 saturated carbocycles. The monoisotopic (exact) mass is 446 g/mol. The Morgan fingerprint density at radius 1 is 1.03 bits per heavy atom. The highest BCUT2D eigenvalue weighted by Crippen LogP contribution is 2.25. The quantitative estimate of drug-likeness (QED) is 0.450. The van der Waals surface area contributed by atoms with Gasteiger partial charge in [-0.15, -0.1) is 0 Å². The van der Waals surface area contributed by atoms with Crippen LogP contribution in [-0.2, 0) is 10.0 Å². The fourth-order valence-electron chi connectivity index (χ4n) is 3.12. The second-order valence-electron chi connectivity index (χ2n) is 6.66. The predicted molar refractivity (Wildman–Crippen MR) is 116 cm³/mol. The number of para-hydroxylation sites is 2. The van der Waals surface area contributed by atoms with Crippen LogP contribution in [-0.4, -0.2) is 34.4 Å². The number of carboxylic acids is 1. The molecule has 0 atom stereocenters. The molecule has 0 aliphatic heterocycles. The first kappa shape index (κ1) is 20.8. The second kappa shape index (κ2) is 7.98. The zero-order valence-corrected chi connectivity index (χ0v) is 17.1. The van der Waals surface area contributed by atoms with Gasteiger partial charge in [0.25, 0.3) is 15.9 Å². The van der Waals surface area contributed by atoms with E-state index in [0.717, 1.165) is 10.0 Å². The molecule has 0 aliphatic carbocycles. The van der Waals surface area contributed by atoms with Crippen molar-refractivity contribution < 1.29 is 23.1 Å². The fourth-order valence-corrected chi connectivity index (χ4v) is 4.46. The third-order valence-electron chi connectivity index (χ3n) is 4.68. The van der Waals surface area contributed by atoms with Gasteiger partial charge in [-0.25, -0.2) is 27.0 Å². The minimum atomic E-state index is -4.03. The minimum Gasteiger partial charge on any atom is -0.478 e. The molecule has 4 rings (SSSR count). The van der Waals surface area contributed by atoms with Crippen LogP contribution >= 0.6 is 0 Å². The number of aromatic carboxylic acids is 1. The van der Waals surface area contributed by atoms with Crippen LogP contribution in [0.5, 0.6) is 0 Å². The average Bonchev–Trinajstić information content (AvgIpc) is 3.24. The first-order valence-corrected chi connectivity index (χ1v) is 10.6. The van der Waals surface area contributed by atoms with Crippen molar-refractivity contribution in [2.24, 2.45) is 0 Å². The molecule has 10 heteroatoms. The van der Waals surface area contributed by atoms with Crippen LogP contribution in [0.1, 0.15) is 20.7 Å². The zero-order valence-electron chi connectivity index (χ0n) is 16.3. The highest BCUT2D eigenvalue weighted by Gasteiger charge is 2.21. The number of hydrogen-bond acceptors (Lipinski definition) is 5. The Bertz CT molecular complexity index is 1530. The number of carbonyl (C=O) groups excluding carboxylic acids is 1. The third-order valence-corrected chi connectivity index (χ3v) is 6.34. The largest absolute Gasteiger partial charge is 0.478 e. The predicted octanol–water partition coefficient (Wildman–Crippen LogP) is 3.77. The van der Waals surface area contributed by atoms with Gasteiger partial charge in [-0.3, -0.25) is 4.79 Å². The summed E-state index contributed by atoms with van der Waals surface area (Å²) in [5.74, 6) is -2.01. The van der Waals surface area contributed by atoms with Gasteiger partial charge in [-0.2, -0.15) is 0 Å². The van der Waals surface area contributed by atoms with E-state index in [2.05, 4.69) is 15.1 Å². The van der Waals surface area contributed by atoms with Gasteiger partial charge in [0.2, 0.25) is 0 Å². The summed E-state index contributed by atoms with van der Waals surface area (Å²) in [5.41, 5.74) is 0.772. The number of fused-ring (bicyclic) bond motifs is 1. The lowest BCUT2D eigenvalue weighted by atomic mass is 10.1. The number of aromatic nitrogens is 2. The number of nitrogens with zero attached hydrogens (tertiary/aromatic N) is 3. The van der Waals surface area contributed by atoms with Crippen LogP contribution in [0.3, 0.4) is 0 Å². The highest BCUT2D eigenvalue weighted by atomic mass is 32.2. The molecule has 0 bridgehead atoms. The number of hydrogen-bond donors (Lipinski definition) is 2. The van der Waals surface area contributed by atoms with Gasteiger partial charge >= 0.3 is 5.97 Å². The summed E-state index contributed by atoms with van der Waals surface area (Å²) < 4.78 is 27.3. The van der Waals surface area contributed by atoms with Crippen molar-refractivity contribution in [1.82, 2.24) is 8.96 Å². The molecular formula is C22H14N4O5S. The van der Waals surface area contributed by atoms with Crippen LogP contribution in [0, 0.1) is 6.57 Å². The molecule has 1 aromatic heterocycles. The molecule has 0 radical (unpaired) electrons. The van der Waals surface area contributed by atoms with Crippen molar-refractivity contribution in [1.29, 1.82) is 0 Å². The topological polar surface area (TPSA) is 123 Å². The molecular weight excluding hydrogens is 432 g/mol. The number of carbonyl (C=O) groups is 2. The number of amides is 1. The van der Waals surface area contributed by atoms with Crippen LogP contribution < -0.4 is 5.32 Å². The van der Waals surface area contributed by atoms with Crippen molar-refractivity contribution in [3.8, 4) is 0 Å². The zero-order chi connectivity index (χ0) is 22.9. The van der Waals surface area contributed by atoms with Crippen molar-refractivity contribution in [3.05, 3.63) is 95.6 Å². The lowest BCUT2D eigenvalue weighted by Gasteiger charge is -2.11. The summed E-state index contributed by atoms with van der Waals surface area (Å²) in [5, 5.41) is 11.8. The average molecular weight is 446 g/mol. The Kier molecular flexibility index (Phi) is 5.18. The third kappa shape index (κ3) is 3.68. The molecule has 0 fully saturated rings. The maximum Gasteiger partial charge on any atom is 0.336 e. The van der Waals surface area contributed by atoms with E-state index in [1.165, 1.54) is 42.7 Å². The summed E-state index contributed by atoms with van der Waals surface area (Å²) in [6.45, 7) is 7.00. The summed E-state index contributed by atoms with van der Waals surface area (Å²) in [7, 11) is -4.03. The van der Waals surface area contributed by atoms with Crippen LogP contribution in [0.4, 0.5) is 11.4 Å². The van der Waals surface area contributed by atoms with Crippen molar-refractivity contribution in [3.63, 3.8) is 0 Å². The number of benzene rings is 3. The van der Waals surface area contributed by atoms with Crippen molar-refractivity contribution >= 4 is 44.3 Å². The Balaban J connectivity index is 1.69. The molecule has 9 nitrogen and oxygen atoms in total. The summed E-state index contributed by atoms with van der Waals surface area (Å²) in [6.07, 6.45) is 1.20. The Labute approximate surface area is 182 Å². The van der Waals surface area contributed by atoms with E-state index in [9.17, 15) is 23.1 Å². The van der Waals surface area contributed by atoms with Crippen molar-refractivity contribution in [2.45, 2.75) is 4.90 Å². The Hall–Kier alpha value is -4.49. The summed E-state index contributed by atoms with van der Waals surface area (Å²) in [6, 6.07) is 16.0. The second-order valence-corrected chi connectivity index (χ2v) is 8.48. The van der Waals surface area contributed by atoms with Crippen LogP contribution in [0.2, 0.25) is 0 Å². The molecule has 3 aromatic carbocycles. The van der Waals surface area contributed by atoms with Gasteiger partial charge in [0.15, 0.2) is 5.69 Å². The molecule has 1 heterocycles. The van der Waals surface area contributed by atoms with E-state index >= 15 is 0 Å². The summed E-state index contributed by atoms with van der Waals surface area (Å²) >= 11 is 0. The number of anilines is 1. The van der Waals surface area contributed by atoms with Crippen LogP contribution in [0.25, 0.3) is 15.9 Å². The normalized spacial score (nSPS) is 11.1. The smallest absolute Gasteiger partial charge is 0.336 e. The van der Waals surface area contributed by atoms with Gasteiger partial charge in [0.05, 0.1) is 33.8 Å². The molecule has 4 aromatic rings. The maximum atomic E-state index is 13.1. The number of nitrogens with one attached hydrogen (secondary N) is 1. The molecule has 2 N–H and O–H groups in total. The lowest BCUT2D eigenvalue weighted by molar-refractivity contribution is 0.0698. The molecule has 0 spiro atoms. The first-order valence-electron chi connectivity index (χ1n) is 9.15. The number of rotatable bonds is 5. The van der Waals surface area contributed by atoms with Gasteiger partial charge in [-0.1, -0.05) is 24.3 Å². The van der Waals surface area contributed by atoms with Crippen molar-refractivity contribution in [2.75, 3.05) is 5.32 Å². The first-order chi connectivity index (χ1) is 15.3. The molecule has 0 aliphatic rings. The highest BCUT2D eigenvalue weighted by molar-refractivity contribution is 7.90. The van der Waals surface area contributed by atoms with Gasteiger partial charge in [-0.05, 0) is 42.5 Å². The van der Waals surface area contributed by atoms with E-state index in [-0.39, 0.29) is 27.4 Å². The van der Waals surface area contributed by atoms with Gasteiger partial charge < -0.3 is 10.4 Å². The van der Waals surface area contributed by atoms with E-state index in [1.807, 2.05) is 0 Å². The van der Waals surface area contributed by atoms with E-state index < -0.39 is 21.9 Å². The molecule has 32 heavy (non-hydrogen) atoms. The summed E-state index contributed by atoms with van der Waals surface area (Å²) in [4.78, 5) is 31.4. The Morgan fingerprint density at radius 3 is 2.56 bits per heavy atom. The minimum absolute atomic E-state index is 0.0104. The van der Waals surface area contributed by atoms with Crippen LogP contribution in [0.15, 0.2) is 78.0 Å².